The summed E-state index contributed by atoms with van der Waals surface area (Å²) < 4.78 is 18.2. The Balaban J connectivity index is 1.82. The molecule has 0 unspecified atom stereocenters. The Labute approximate surface area is 152 Å². The highest BCUT2D eigenvalue weighted by Gasteiger charge is 2.30. The smallest absolute Gasteiger partial charge is 0.309 e. The molecule has 1 fully saturated rings. The first-order valence-electron chi connectivity index (χ1n) is 8.56. The topological polar surface area (TPSA) is 75.7 Å². The summed E-state index contributed by atoms with van der Waals surface area (Å²) in [6.45, 7) is 6.15. The van der Waals surface area contributed by atoms with Gasteiger partial charge < -0.3 is 15.0 Å². The van der Waals surface area contributed by atoms with E-state index in [1.165, 1.54) is 31.2 Å². The molecule has 1 atom stereocenters. The molecule has 26 heavy (non-hydrogen) atoms. The highest BCUT2D eigenvalue weighted by molar-refractivity contribution is 5.94. The Bertz CT molecular complexity index is 667. The predicted octanol–water partition coefficient (Wildman–Crippen LogP) is 1.91. The normalized spacial score (nSPS) is 15.8. The number of amides is 2. The molecule has 0 aliphatic carbocycles. The van der Waals surface area contributed by atoms with E-state index in [2.05, 4.69) is 11.9 Å². The van der Waals surface area contributed by atoms with Gasteiger partial charge in [-0.2, -0.15) is 0 Å². The molecule has 1 saturated heterocycles. The van der Waals surface area contributed by atoms with Crippen LogP contribution in [0.2, 0.25) is 0 Å². The van der Waals surface area contributed by atoms with Crippen LogP contribution >= 0.6 is 0 Å². The molecule has 0 bridgehead atoms. The van der Waals surface area contributed by atoms with Crippen molar-refractivity contribution < 1.29 is 23.5 Å². The molecule has 1 aliphatic rings. The van der Waals surface area contributed by atoms with Crippen LogP contribution in [0.5, 0.6) is 0 Å². The maximum atomic E-state index is 13.0. The summed E-state index contributed by atoms with van der Waals surface area (Å²) in [7, 11) is 0. The highest BCUT2D eigenvalue weighted by atomic mass is 19.1. The fourth-order valence-electron chi connectivity index (χ4n) is 2.73. The van der Waals surface area contributed by atoms with Crippen LogP contribution in [-0.4, -0.2) is 48.4 Å². The van der Waals surface area contributed by atoms with Gasteiger partial charge in [-0.1, -0.05) is 6.08 Å². The number of carbonyl (C=O) groups is 3. The number of nitrogens with one attached hydrogen (secondary N) is 1. The maximum Gasteiger partial charge on any atom is 0.309 e. The number of halogens is 1. The van der Waals surface area contributed by atoms with Crippen molar-refractivity contribution in [2.45, 2.75) is 25.9 Å². The van der Waals surface area contributed by atoms with Gasteiger partial charge in [0.25, 0.3) is 11.8 Å². The van der Waals surface area contributed by atoms with Gasteiger partial charge in [-0.25, -0.2) is 4.39 Å². The van der Waals surface area contributed by atoms with Crippen molar-refractivity contribution in [3.05, 3.63) is 48.3 Å². The molecule has 0 saturated carbocycles. The van der Waals surface area contributed by atoms with Gasteiger partial charge in [0.15, 0.2) is 6.10 Å². The first kappa shape index (κ1) is 19.6. The average Bonchev–Trinajstić information content (AvgIpc) is 2.66. The standard InChI is InChI=1S/C19H23FN2O4/c1-3-10-21-17(23)13(2)26-19(25)15-8-11-22(12-9-15)18(24)14-4-6-16(20)7-5-14/h3-7,13,15H,1,8-12H2,2H3,(H,21,23)/t13-/m0/s1. The average molecular weight is 362 g/mol. The fraction of sp³-hybridized carbons (Fsp3) is 0.421. The molecule has 2 amide bonds. The van der Waals surface area contributed by atoms with Crippen LogP contribution in [0.15, 0.2) is 36.9 Å². The van der Waals surface area contributed by atoms with Crippen molar-refractivity contribution in [3.8, 4) is 0 Å². The summed E-state index contributed by atoms with van der Waals surface area (Å²) in [5.41, 5.74) is 0.417. The number of hydrogen-bond acceptors (Lipinski definition) is 4. The number of piperidine rings is 1. The zero-order chi connectivity index (χ0) is 19.1. The van der Waals surface area contributed by atoms with E-state index < -0.39 is 17.9 Å². The Morgan fingerprint density at radius 2 is 1.92 bits per heavy atom. The number of carbonyl (C=O) groups excluding carboxylic acids is 3. The summed E-state index contributed by atoms with van der Waals surface area (Å²) in [4.78, 5) is 37.9. The first-order chi connectivity index (χ1) is 12.4. The van der Waals surface area contributed by atoms with Crippen LogP contribution in [0, 0.1) is 11.7 Å². The van der Waals surface area contributed by atoms with Gasteiger partial charge in [0, 0.05) is 25.2 Å². The van der Waals surface area contributed by atoms with E-state index in [0.29, 0.717) is 38.0 Å². The molecule has 0 radical (unpaired) electrons. The monoisotopic (exact) mass is 362 g/mol. The van der Waals surface area contributed by atoms with Gasteiger partial charge in [-0.05, 0) is 44.0 Å². The van der Waals surface area contributed by atoms with Gasteiger partial charge in [-0.3, -0.25) is 14.4 Å². The van der Waals surface area contributed by atoms with Crippen LogP contribution in [-0.2, 0) is 14.3 Å². The quantitative estimate of drug-likeness (QED) is 0.620. The number of hydrogen-bond donors (Lipinski definition) is 1. The molecule has 0 aromatic heterocycles. The summed E-state index contributed by atoms with van der Waals surface area (Å²) >= 11 is 0. The lowest BCUT2D eigenvalue weighted by molar-refractivity contribution is -0.159. The zero-order valence-electron chi connectivity index (χ0n) is 14.7. The second kappa shape index (κ2) is 9.12. The number of rotatable bonds is 6. The number of ether oxygens (including phenoxy) is 1. The van der Waals surface area contributed by atoms with Crippen molar-refractivity contribution >= 4 is 17.8 Å². The summed E-state index contributed by atoms with van der Waals surface area (Å²) in [5.74, 6) is -1.73. The second-order valence-corrected chi connectivity index (χ2v) is 6.19. The van der Waals surface area contributed by atoms with E-state index in [4.69, 9.17) is 4.74 Å². The van der Waals surface area contributed by atoms with Crippen molar-refractivity contribution in [3.63, 3.8) is 0 Å². The van der Waals surface area contributed by atoms with Gasteiger partial charge in [0.2, 0.25) is 0 Å². The largest absolute Gasteiger partial charge is 0.452 e. The molecule has 0 spiro atoms. The Morgan fingerprint density at radius 1 is 1.31 bits per heavy atom. The summed E-state index contributed by atoms with van der Waals surface area (Å²) in [5, 5.41) is 2.57. The third-order valence-electron chi connectivity index (χ3n) is 4.29. The van der Waals surface area contributed by atoms with E-state index in [0.717, 1.165) is 0 Å². The number of likely N-dealkylation sites (tertiary alicyclic amines) is 1. The van der Waals surface area contributed by atoms with Crippen LogP contribution < -0.4 is 5.32 Å². The molecule has 6 nitrogen and oxygen atoms in total. The van der Waals surface area contributed by atoms with Crippen LogP contribution in [0.4, 0.5) is 4.39 Å². The minimum absolute atomic E-state index is 0.186. The summed E-state index contributed by atoms with van der Waals surface area (Å²) in [6, 6.07) is 5.38. The number of benzene rings is 1. The Kier molecular flexibility index (Phi) is 6.89. The third kappa shape index (κ3) is 5.15. The van der Waals surface area contributed by atoms with Gasteiger partial charge in [0.1, 0.15) is 5.82 Å². The molecule has 2 rings (SSSR count). The first-order valence-corrected chi connectivity index (χ1v) is 8.56. The maximum absolute atomic E-state index is 13.0. The predicted molar refractivity (Wildman–Crippen MR) is 93.8 cm³/mol. The molecule has 140 valence electrons. The molecule has 1 heterocycles. The number of esters is 1. The molecule has 1 aromatic carbocycles. The van der Waals surface area contributed by atoms with E-state index >= 15 is 0 Å². The lowest BCUT2D eigenvalue weighted by Crippen LogP contribution is -2.42. The zero-order valence-corrected chi connectivity index (χ0v) is 14.7. The van der Waals surface area contributed by atoms with E-state index in [1.54, 1.807) is 11.0 Å². The van der Waals surface area contributed by atoms with E-state index in [1.807, 2.05) is 0 Å². The molecule has 1 N–H and O–H groups in total. The molecule has 1 aromatic rings. The van der Waals surface area contributed by atoms with Gasteiger partial charge in [0.05, 0.1) is 5.92 Å². The molecule has 7 heteroatoms. The lowest BCUT2D eigenvalue weighted by Gasteiger charge is -2.31. The van der Waals surface area contributed by atoms with Crippen LogP contribution in [0.3, 0.4) is 0 Å². The van der Waals surface area contributed by atoms with Crippen LogP contribution in [0.25, 0.3) is 0 Å². The SMILES string of the molecule is C=CCNC(=O)[C@H](C)OC(=O)C1CCN(C(=O)c2ccc(F)cc2)CC1. The van der Waals surface area contributed by atoms with Crippen molar-refractivity contribution in [2.75, 3.05) is 19.6 Å². The van der Waals surface area contributed by atoms with E-state index in [9.17, 15) is 18.8 Å². The fourth-order valence-corrected chi connectivity index (χ4v) is 2.73. The lowest BCUT2D eigenvalue weighted by atomic mass is 9.96. The van der Waals surface area contributed by atoms with Gasteiger partial charge in [-0.15, -0.1) is 6.58 Å². The number of nitrogens with zero attached hydrogens (tertiary/aromatic N) is 1. The minimum Gasteiger partial charge on any atom is -0.452 e. The van der Waals surface area contributed by atoms with Crippen LogP contribution in [0.1, 0.15) is 30.1 Å². The highest BCUT2D eigenvalue weighted by Crippen LogP contribution is 2.21. The molecular weight excluding hydrogens is 339 g/mol. The minimum atomic E-state index is -0.874. The second-order valence-electron chi connectivity index (χ2n) is 6.19. The Hall–Kier alpha value is -2.70. The third-order valence-corrected chi connectivity index (χ3v) is 4.29. The molecule has 1 aliphatic heterocycles. The van der Waals surface area contributed by atoms with Crippen molar-refractivity contribution in [1.29, 1.82) is 0 Å². The summed E-state index contributed by atoms with van der Waals surface area (Å²) in [6.07, 6.45) is 1.60. The van der Waals surface area contributed by atoms with Crippen molar-refractivity contribution in [1.82, 2.24) is 10.2 Å². The van der Waals surface area contributed by atoms with Crippen molar-refractivity contribution in [2.24, 2.45) is 5.92 Å². The van der Waals surface area contributed by atoms with E-state index in [-0.39, 0.29) is 17.7 Å². The molecular formula is C19H23FN2O4. The van der Waals surface area contributed by atoms with Gasteiger partial charge >= 0.3 is 5.97 Å². The Morgan fingerprint density at radius 3 is 2.50 bits per heavy atom.